The Kier molecular flexibility index (Phi) is 6.70. The molecule has 4 heteroatoms. The molecule has 2 aromatic carbocycles. The Morgan fingerprint density at radius 3 is 2.33 bits per heavy atom. The number of esters is 1. The average molecular weight is 325 g/mol. The molecule has 0 bridgehead atoms. The van der Waals surface area contributed by atoms with Crippen LogP contribution < -0.4 is 5.32 Å². The van der Waals surface area contributed by atoms with Crippen molar-refractivity contribution in [2.24, 2.45) is 0 Å². The van der Waals surface area contributed by atoms with Crippen LogP contribution in [0.15, 0.2) is 54.6 Å². The molecule has 0 aliphatic carbocycles. The Balaban J connectivity index is 2.08. The zero-order valence-electron chi connectivity index (χ0n) is 14.1. The molecular formula is C20H23NO3. The maximum atomic E-state index is 12.7. The molecule has 0 saturated carbocycles. The molecule has 4 nitrogen and oxygen atoms in total. The van der Waals surface area contributed by atoms with E-state index in [0.717, 1.165) is 5.56 Å². The summed E-state index contributed by atoms with van der Waals surface area (Å²) in [6.07, 6.45) is 0.0213. The predicted molar refractivity (Wildman–Crippen MR) is 93.8 cm³/mol. The van der Waals surface area contributed by atoms with Gasteiger partial charge in [-0.2, -0.15) is 0 Å². The van der Waals surface area contributed by atoms with E-state index in [1.807, 2.05) is 49.4 Å². The highest BCUT2D eigenvalue weighted by molar-refractivity contribution is 6.01. The van der Waals surface area contributed by atoms with Crippen molar-refractivity contribution < 1.29 is 14.3 Å². The summed E-state index contributed by atoms with van der Waals surface area (Å²) in [6.45, 7) is 4.61. The molecule has 0 heterocycles. The van der Waals surface area contributed by atoms with E-state index in [2.05, 4.69) is 5.32 Å². The second-order valence-electron chi connectivity index (χ2n) is 5.66. The van der Waals surface area contributed by atoms with Crippen LogP contribution in [0, 0.1) is 6.92 Å². The van der Waals surface area contributed by atoms with E-state index in [4.69, 9.17) is 4.74 Å². The first-order valence-electron chi connectivity index (χ1n) is 8.14. The highest BCUT2D eigenvalue weighted by Gasteiger charge is 2.23. The molecule has 0 aliphatic rings. The molecule has 0 spiro atoms. The summed E-state index contributed by atoms with van der Waals surface area (Å²) in [7, 11) is 0. The second kappa shape index (κ2) is 8.99. The van der Waals surface area contributed by atoms with Crippen LogP contribution in [0.5, 0.6) is 0 Å². The second-order valence-corrected chi connectivity index (χ2v) is 5.66. The summed E-state index contributed by atoms with van der Waals surface area (Å²) in [5.74, 6) is -0.473. The number of ether oxygens (including phenoxy) is 1. The van der Waals surface area contributed by atoms with Gasteiger partial charge in [-0.3, -0.25) is 9.59 Å². The number of carbonyl (C=O) groups is 2. The van der Waals surface area contributed by atoms with Gasteiger partial charge in [-0.05, 0) is 19.4 Å². The van der Waals surface area contributed by atoms with E-state index in [1.165, 1.54) is 5.56 Å². The molecule has 0 radical (unpaired) electrons. The van der Waals surface area contributed by atoms with Crippen molar-refractivity contribution in [3.05, 3.63) is 71.3 Å². The summed E-state index contributed by atoms with van der Waals surface area (Å²) < 4.78 is 5.00. The third kappa shape index (κ3) is 5.32. The van der Waals surface area contributed by atoms with Gasteiger partial charge in [0.1, 0.15) is 0 Å². The highest BCUT2D eigenvalue weighted by atomic mass is 16.5. The molecule has 0 saturated heterocycles. The number of aryl methyl sites for hydroxylation is 1. The van der Waals surface area contributed by atoms with Crippen LogP contribution in [-0.4, -0.2) is 24.4 Å². The van der Waals surface area contributed by atoms with Crippen LogP contribution in [0.1, 0.15) is 34.8 Å². The summed E-state index contributed by atoms with van der Waals surface area (Å²) in [5.41, 5.74) is 2.83. The topological polar surface area (TPSA) is 55.4 Å². The van der Waals surface area contributed by atoms with Crippen molar-refractivity contribution in [2.45, 2.75) is 32.9 Å². The summed E-state index contributed by atoms with van der Waals surface area (Å²) in [6, 6.07) is 16.5. The third-order valence-corrected chi connectivity index (χ3v) is 3.72. The van der Waals surface area contributed by atoms with Gasteiger partial charge in [0.15, 0.2) is 5.78 Å². The Labute approximate surface area is 142 Å². The molecule has 0 aromatic heterocycles. The van der Waals surface area contributed by atoms with Crippen LogP contribution in [0.25, 0.3) is 0 Å². The fourth-order valence-electron chi connectivity index (χ4n) is 2.39. The first kappa shape index (κ1) is 17.9. The zero-order chi connectivity index (χ0) is 17.4. The Morgan fingerprint density at radius 1 is 1.04 bits per heavy atom. The van der Waals surface area contributed by atoms with Crippen LogP contribution in [-0.2, 0) is 16.1 Å². The fraction of sp³-hybridized carbons (Fsp3) is 0.300. The normalized spacial score (nSPS) is 11.8. The van der Waals surface area contributed by atoms with Crippen LogP contribution in [0.2, 0.25) is 0 Å². The van der Waals surface area contributed by atoms with Crippen LogP contribution >= 0.6 is 0 Å². The first-order valence-corrected chi connectivity index (χ1v) is 8.14. The van der Waals surface area contributed by atoms with Crippen molar-refractivity contribution in [1.29, 1.82) is 0 Å². The van der Waals surface area contributed by atoms with Crippen LogP contribution in [0.4, 0.5) is 0 Å². The van der Waals surface area contributed by atoms with E-state index >= 15 is 0 Å². The molecule has 2 rings (SSSR count). The molecule has 126 valence electrons. The summed E-state index contributed by atoms with van der Waals surface area (Å²) in [5, 5.41) is 3.19. The van der Waals surface area contributed by atoms with Gasteiger partial charge in [-0.1, -0.05) is 60.2 Å². The van der Waals surface area contributed by atoms with Crippen LogP contribution in [0.3, 0.4) is 0 Å². The molecule has 1 N–H and O–H groups in total. The number of Topliss-reactive ketones (excluding diaryl/α,β-unsaturated/α-hetero) is 1. The minimum absolute atomic E-state index is 0.0213. The zero-order valence-corrected chi connectivity index (χ0v) is 14.1. The van der Waals surface area contributed by atoms with Crippen molar-refractivity contribution >= 4 is 11.8 Å². The van der Waals surface area contributed by atoms with Gasteiger partial charge in [-0.15, -0.1) is 0 Å². The highest BCUT2D eigenvalue weighted by Crippen LogP contribution is 2.09. The van der Waals surface area contributed by atoms with Gasteiger partial charge < -0.3 is 10.1 Å². The SMILES string of the molecule is CCOC(=O)CC(NCc1ccc(C)cc1)C(=O)c1ccccc1. The van der Waals surface area contributed by atoms with Gasteiger partial charge in [0.05, 0.1) is 19.1 Å². The standard InChI is InChI=1S/C20H23NO3/c1-3-24-19(22)13-18(20(23)17-7-5-4-6-8-17)21-14-16-11-9-15(2)10-12-16/h4-12,18,21H,3,13-14H2,1-2H3. The van der Waals surface area contributed by atoms with E-state index in [0.29, 0.717) is 18.7 Å². The monoisotopic (exact) mass is 325 g/mol. The van der Waals surface area contributed by atoms with Crippen molar-refractivity contribution in [3.63, 3.8) is 0 Å². The quantitative estimate of drug-likeness (QED) is 0.598. The predicted octanol–water partition coefficient (Wildman–Crippen LogP) is 3.29. The first-order chi connectivity index (χ1) is 11.6. The van der Waals surface area contributed by atoms with Gasteiger partial charge in [0.25, 0.3) is 0 Å². The number of nitrogens with one attached hydrogen (secondary N) is 1. The van der Waals surface area contributed by atoms with Crippen molar-refractivity contribution in [1.82, 2.24) is 5.32 Å². The number of ketones is 1. The van der Waals surface area contributed by atoms with Crippen molar-refractivity contribution in [2.75, 3.05) is 6.61 Å². The lowest BCUT2D eigenvalue weighted by molar-refractivity contribution is -0.143. The Morgan fingerprint density at radius 2 is 1.71 bits per heavy atom. The average Bonchev–Trinajstić information content (AvgIpc) is 2.60. The minimum Gasteiger partial charge on any atom is -0.466 e. The number of carbonyl (C=O) groups excluding carboxylic acids is 2. The molecule has 1 atom stereocenters. The number of benzene rings is 2. The molecule has 0 fully saturated rings. The van der Waals surface area contributed by atoms with E-state index in [1.54, 1.807) is 19.1 Å². The molecular weight excluding hydrogens is 302 g/mol. The smallest absolute Gasteiger partial charge is 0.307 e. The molecule has 24 heavy (non-hydrogen) atoms. The minimum atomic E-state index is -0.604. The van der Waals surface area contributed by atoms with E-state index in [9.17, 15) is 9.59 Å². The number of hydrogen-bond acceptors (Lipinski definition) is 4. The third-order valence-electron chi connectivity index (χ3n) is 3.72. The van der Waals surface area contributed by atoms with Gasteiger partial charge in [-0.25, -0.2) is 0 Å². The maximum absolute atomic E-state index is 12.7. The maximum Gasteiger partial charge on any atom is 0.307 e. The Hall–Kier alpha value is -2.46. The lowest BCUT2D eigenvalue weighted by Gasteiger charge is -2.17. The van der Waals surface area contributed by atoms with E-state index in [-0.39, 0.29) is 18.2 Å². The summed E-state index contributed by atoms with van der Waals surface area (Å²) in [4.78, 5) is 24.5. The van der Waals surface area contributed by atoms with Gasteiger partial charge >= 0.3 is 5.97 Å². The van der Waals surface area contributed by atoms with Gasteiger partial charge in [0.2, 0.25) is 0 Å². The number of hydrogen-bond donors (Lipinski definition) is 1. The molecule has 1 unspecified atom stereocenters. The lowest BCUT2D eigenvalue weighted by atomic mass is 10.0. The lowest BCUT2D eigenvalue weighted by Crippen LogP contribution is -2.38. The fourth-order valence-corrected chi connectivity index (χ4v) is 2.39. The van der Waals surface area contributed by atoms with Gasteiger partial charge in [0, 0.05) is 12.1 Å². The van der Waals surface area contributed by atoms with Crippen molar-refractivity contribution in [3.8, 4) is 0 Å². The molecule has 2 aromatic rings. The Bertz CT molecular complexity index is 665. The summed E-state index contributed by atoms with van der Waals surface area (Å²) >= 11 is 0. The van der Waals surface area contributed by atoms with E-state index < -0.39 is 6.04 Å². The number of rotatable bonds is 8. The largest absolute Gasteiger partial charge is 0.466 e. The molecule has 0 amide bonds. The molecule has 0 aliphatic heterocycles.